The fourth-order valence-corrected chi connectivity index (χ4v) is 4.10. The number of aryl methyl sites for hydroxylation is 1. The minimum absolute atomic E-state index is 0.0482. The third-order valence-electron chi connectivity index (χ3n) is 5.90. The molecule has 0 bridgehead atoms. The number of carbonyl (C=O) groups excluding carboxylic acids is 1. The zero-order valence-electron chi connectivity index (χ0n) is 17.3. The molecule has 2 fully saturated rings. The van der Waals surface area contributed by atoms with Crippen LogP contribution in [0.4, 0.5) is 4.39 Å². The second kappa shape index (κ2) is 9.53. The number of ether oxygens (including phenoxy) is 2. The quantitative estimate of drug-likeness (QED) is 0.729. The van der Waals surface area contributed by atoms with Gasteiger partial charge >= 0.3 is 0 Å². The van der Waals surface area contributed by atoms with Crippen molar-refractivity contribution in [1.29, 1.82) is 0 Å². The van der Waals surface area contributed by atoms with E-state index in [1.165, 1.54) is 17.7 Å². The highest BCUT2D eigenvalue weighted by molar-refractivity contribution is 5.78. The fraction of sp³-hybridized carbons (Fsp3) is 0.478. The number of hydrogen-bond acceptors (Lipinski definition) is 5. The van der Waals surface area contributed by atoms with E-state index in [0.717, 1.165) is 38.2 Å². The molecule has 4 rings (SSSR count). The van der Waals surface area contributed by atoms with E-state index >= 15 is 0 Å². The van der Waals surface area contributed by atoms with Crippen molar-refractivity contribution < 1.29 is 18.7 Å². The lowest BCUT2D eigenvalue weighted by atomic mass is 10.0. The number of pyridine rings is 1. The van der Waals surface area contributed by atoms with Crippen LogP contribution in [0.2, 0.25) is 0 Å². The zero-order valence-corrected chi connectivity index (χ0v) is 17.3. The Balaban J connectivity index is 1.27. The molecular weight excluding hydrogens is 385 g/mol. The van der Waals surface area contributed by atoms with Crippen LogP contribution in [0.25, 0.3) is 0 Å². The number of nitrogens with zero attached hydrogens (tertiary/aromatic N) is 3. The van der Waals surface area contributed by atoms with E-state index in [1.807, 2.05) is 17.2 Å². The molecule has 2 aliphatic rings. The van der Waals surface area contributed by atoms with Gasteiger partial charge in [0.25, 0.3) is 0 Å². The summed E-state index contributed by atoms with van der Waals surface area (Å²) < 4.78 is 24.4. The maximum Gasteiger partial charge on any atom is 0.248 e. The minimum Gasteiger partial charge on any atom is -0.491 e. The maximum absolute atomic E-state index is 13.0. The average Bonchev–Trinajstić information content (AvgIpc) is 2.76. The van der Waals surface area contributed by atoms with Gasteiger partial charge in [-0.1, -0.05) is 6.07 Å². The van der Waals surface area contributed by atoms with Crippen molar-refractivity contribution in [3.8, 4) is 5.75 Å². The van der Waals surface area contributed by atoms with E-state index in [9.17, 15) is 9.18 Å². The molecule has 2 aromatic rings. The van der Waals surface area contributed by atoms with Gasteiger partial charge in [0.1, 0.15) is 30.9 Å². The molecule has 7 heteroatoms. The summed E-state index contributed by atoms with van der Waals surface area (Å²) in [4.78, 5) is 21.3. The second-order valence-electron chi connectivity index (χ2n) is 8.02. The number of rotatable bonds is 6. The monoisotopic (exact) mass is 413 g/mol. The predicted octanol–water partition coefficient (Wildman–Crippen LogP) is 2.80. The van der Waals surface area contributed by atoms with Crippen molar-refractivity contribution in [3.63, 3.8) is 0 Å². The van der Waals surface area contributed by atoms with Crippen molar-refractivity contribution in [2.45, 2.75) is 38.5 Å². The van der Waals surface area contributed by atoms with Gasteiger partial charge in [0.05, 0.1) is 12.2 Å². The molecule has 1 aromatic carbocycles. The van der Waals surface area contributed by atoms with Crippen LogP contribution in [-0.4, -0.2) is 65.7 Å². The number of piperidine rings is 1. The number of benzene rings is 1. The Morgan fingerprint density at radius 1 is 1.20 bits per heavy atom. The molecule has 160 valence electrons. The maximum atomic E-state index is 13.0. The largest absolute Gasteiger partial charge is 0.491 e. The van der Waals surface area contributed by atoms with Gasteiger partial charge in [0.15, 0.2) is 0 Å². The summed E-state index contributed by atoms with van der Waals surface area (Å²) in [6, 6.07) is 10.2. The molecule has 1 atom stereocenters. The molecule has 0 radical (unpaired) electrons. The summed E-state index contributed by atoms with van der Waals surface area (Å²) in [7, 11) is 0. The zero-order chi connectivity index (χ0) is 20.9. The summed E-state index contributed by atoms with van der Waals surface area (Å²) in [5, 5.41) is 0. The third-order valence-corrected chi connectivity index (χ3v) is 5.90. The van der Waals surface area contributed by atoms with Gasteiger partial charge in [-0.15, -0.1) is 0 Å². The molecule has 6 nitrogen and oxygen atoms in total. The van der Waals surface area contributed by atoms with Crippen molar-refractivity contribution in [2.24, 2.45) is 0 Å². The Labute approximate surface area is 176 Å². The number of amides is 1. The van der Waals surface area contributed by atoms with Gasteiger partial charge in [-0.05, 0) is 55.7 Å². The highest BCUT2D eigenvalue weighted by atomic mass is 19.1. The summed E-state index contributed by atoms with van der Waals surface area (Å²) in [5.41, 5.74) is 2.34. The first-order chi connectivity index (χ1) is 14.6. The van der Waals surface area contributed by atoms with Gasteiger partial charge in [-0.25, -0.2) is 4.39 Å². The van der Waals surface area contributed by atoms with E-state index < -0.39 is 0 Å². The normalized spacial score (nSPS) is 21.1. The van der Waals surface area contributed by atoms with Gasteiger partial charge < -0.3 is 14.4 Å². The average molecular weight is 413 g/mol. The van der Waals surface area contributed by atoms with Crippen LogP contribution in [0.1, 0.15) is 24.1 Å². The van der Waals surface area contributed by atoms with Crippen LogP contribution in [0.5, 0.6) is 5.75 Å². The van der Waals surface area contributed by atoms with Gasteiger partial charge in [-0.3, -0.25) is 14.7 Å². The van der Waals surface area contributed by atoms with Gasteiger partial charge in [0.2, 0.25) is 5.91 Å². The molecular formula is C23H28FN3O3. The SMILES string of the molecule is Cc1cccnc1CN1CCC(N2CC(COc3ccc(F)cc3)OCC2=O)CC1. The van der Waals surface area contributed by atoms with Crippen molar-refractivity contribution in [3.05, 3.63) is 59.7 Å². The molecule has 1 aromatic heterocycles. The van der Waals surface area contributed by atoms with Crippen LogP contribution in [0.3, 0.4) is 0 Å². The standard InChI is InChI=1S/C23H28FN3O3/c1-17-3-2-10-25-22(17)14-26-11-8-19(9-12-26)27-13-21(30-16-23(27)28)15-29-20-6-4-18(24)5-7-20/h2-7,10,19,21H,8-9,11-16H2,1H3. The fourth-order valence-electron chi connectivity index (χ4n) is 4.10. The van der Waals surface area contributed by atoms with Crippen molar-refractivity contribution >= 4 is 5.91 Å². The number of aromatic nitrogens is 1. The van der Waals surface area contributed by atoms with Crippen LogP contribution < -0.4 is 4.74 Å². The Bertz CT molecular complexity index is 853. The first-order valence-electron chi connectivity index (χ1n) is 10.5. The molecule has 0 aliphatic carbocycles. The number of carbonyl (C=O) groups is 1. The third kappa shape index (κ3) is 5.15. The first-order valence-corrected chi connectivity index (χ1v) is 10.5. The lowest BCUT2D eigenvalue weighted by molar-refractivity contribution is -0.155. The van der Waals surface area contributed by atoms with Crippen molar-refractivity contribution in [2.75, 3.05) is 32.8 Å². The van der Waals surface area contributed by atoms with Crippen LogP contribution in [-0.2, 0) is 16.1 Å². The topological polar surface area (TPSA) is 54.9 Å². The molecule has 2 aliphatic heterocycles. The van der Waals surface area contributed by atoms with E-state index in [1.54, 1.807) is 12.1 Å². The Morgan fingerprint density at radius 2 is 1.97 bits per heavy atom. The van der Waals surface area contributed by atoms with Crippen LogP contribution in [0.15, 0.2) is 42.6 Å². The molecule has 0 N–H and O–H groups in total. The second-order valence-corrected chi connectivity index (χ2v) is 8.02. The van der Waals surface area contributed by atoms with E-state index in [4.69, 9.17) is 9.47 Å². The predicted molar refractivity (Wildman–Crippen MR) is 111 cm³/mol. The lowest BCUT2D eigenvalue weighted by Crippen LogP contribution is -2.55. The number of morpholine rings is 1. The molecule has 1 amide bonds. The Kier molecular flexibility index (Phi) is 6.59. The van der Waals surface area contributed by atoms with Crippen molar-refractivity contribution in [1.82, 2.24) is 14.8 Å². The van der Waals surface area contributed by atoms with Gasteiger partial charge in [-0.2, -0.15) is 0 Å². The number of hydrogen-bond donors (Lipinski definition) is 0. The van der Waals surface area contributed by atoms with Gasteiger partial charge in [0, 0.05) is 31.9 Å². The number of likely N-dealkylation sites (tertiary alicyclic amines) is 1. The highest BCUT2D eigenvalue weighted by Crippen LogP contribution is 2.22. The molecule has 3 heterocycles. The lowest BCUT2D eigenvalue weighted by Gasteiger charge is -2.42. The number of halogens is 1. The van der Waals surface area contributed by atoms with Crippen LogP contribution in [0, 0.1) is 12.7 Å². The summed E-state index contributed by atoms with van der Waals surface area (Å²) in [6.45, 7) is 5.80. The summed E-state index contributed by atoms with van der Waals surface area (Å²) in [5.74, 6) is 0.353. The summed E-state index contributed by atoms with van der Waals surface area (Å²) in [6.07, 6.45) is 3.56. The van der Waals surface area contributed by atoms with E-state index in [2.05, 4.69) is 22.9 Å². The molecule has 0 saturated carbocycles. The first kappa shape index (κ1) is 20.8. The van der Waals surface area contributed by atoms with Crippen LogP contribution >= 0.6 is 0 Å². The molecule has 30 heavy (non-hydrogen) atoms. The Morgan fingerprint density at radius 3 is 2.70 bits per heavy atom. The Hall–Kier alpha value is -2.51. The van der Waals surface area contributed by atoms with E-state index in [-0.39, 0.29) is 30.5 Å². The molecule has 0 spiro atoms. The highest BCUT2D eigenvalue weighted by Gasteiger charge is 2.34. The minimum atomic E-state index is -0.294. The summed E-state index contributed by atoms with van der Waals surface area (Å²) >= 11 is 0. The molecule has 2 saturated heterocycles. The van der Waals surface area contributed by atoms with E-state index in [0.29, 0.717) is 18.9 Å². The smallest absolute Gasteiger partial charge is 0.248 e. The molecule has 1 unspecified atom stereocenters.